The Balaban J connectivity index is 2.76. The molecule has 1 nitrogen and oxygen atoms in total. The molecule has 11 heavy (non-hydrogen) atoms. The molecule has 0 fully saturated rings. The molecule has 0 saturated heterocycles. The average molecular weight is 234 g/mol. The molecule has 2 N–H and O–H groups in total. The van der Waals surface area contributed by atoms with E-state index in [0.717, 1.165) is 3.79 Å². The summed E-state index contributed by atoms with van der Waals surface area (Å²) in [5, 5.41) is 0. The van der Waals surface area contributed by atoms with Gasteiger partial charge in [-0.15, -0.1) is 11.3 Å². The highest BCUT2D eigenvalue weighted by Gasteiger charge is 2.11. The minimum absolute atomic E-state index is 0.186. The normalized spacial score (nSPS) is 13.9. The van der Waals surface area contributed by atoms with Crippen molar-refractivity contribution in [3.8, 4) is 0 Å². The first-order valence-electron chi connectivity index (χ1n) is 3.62. The third-order valence-electron chi connectivity index (χ3n) is 1.64. The molecular formula is C8H12BrNS. The Bertz CT molecular complexity index is 232. The van der Waals surface area contributed by atoms with Gasteiger partial charge in [-0.05, 0) is 34.0 Å². The number of nitrogens with two attached hydrogens (primary N) is 1. The highest BCUT2D eigenvalue weighted by atomic mass is 79.9. The lowest BCUT2D eigenvalue weighted by Gasteiger charge is -2.12. The molecule has 0 aliphatic carbocycles. The number of thiophene rings is 1. The van der Waals surface area contributed by atoms with E-state index in [-0.39, 0.29) is 6.04 Å². The molecule has 1 rings (SSSR count). The maximum atomic E-state index is 5.94. The van der Waals surface area contributed by atoms with Crippen molar-refractivity contribution in [1.29, 1.82) is 0 Å². The fraction of sp³-hybridized carbons (Fsp3) is 0.500. The maximum absolute atomic E-state index is 5.94. The largest absolute Gasteiger partial charge is 0.323 e. The van der Waals surface area contributed by atoms with Gasteiger partial charge in [-0.25, -0.2) is 0 Å². The van der Waals surface area contributed by atoms with Crippen LogP contribution in [-0.2, 0) is 0 Å². The highest BCUT2D eigenvalue weighted by Crippen LogP contribution is 2.29. The van der Waals surface area contributed by atoms with Crippen LogP contribution in [0.1, 0.15) is 24.8 Å². The van der Waals surface area contributed by atoms with Gasteiger partial charge in [-0.3, -0.25) is 0 Å². The monoisotopic (exact) mass is 233 g/mol. The van der Waals surface area contributed by atoms with Gasteiger partial charge in [0.15, 0.2) is 0 Å². The van der Waals surface area contributed by atoms with E-state index in [1.165, 1.54) is 4.88 Å². The van der Waals surface area contributed by atoms with E-state index in [0.29, 0.717) is 5.92 Å². The lowest BCUT2D eigenvalue weighted by atomic mass is 10.0. The first-order valence-corrected chi connectivity index (χ1v) is 5.23. The summed E-state index contributed by atoms with van der Waals surface area (Å²) >= 11 is 5.13. The third-order valence-corrected chi connectivity index (χ3v) is 3.37. The van der Waals surface area contributed by atoms with E-state index in [9.17, 15) is 0 Å². The molecule has 0 spiro atoms. The average Bonchev–Trinajstić information content (AvgIpc) is 2.34. The SMILES string of the molecule is CC(C)[C@@H](N)c1ccc(Br)s1. The van der Waals surface area contributed by atoms with Crippen molar-refractivity contribution in [3.63, 3.8) is 0 Å². The van der Waals surface area contributed by atoms with Gasteiger partial charge < -0.3 is 5.73 Å². The molecule has 3 heteroatoms. The molecule has 1 heterocycles. The number of rotatable bonds is 2. The molecule has 0 aliphatic heterocycles. The molecular weight excluding hydrogens is 222 g/mol. The van der Waals surface area contributed by atoms with Crippen LogP contribution >= 0.6 is 27.3 Å². The second-order valence-corrected chi connectivity index (χ2v) is 5.41. The zero-order valence-corrected chi connectivity index (χ0v) is 9.08. The molecule has 0 aliphatic rings. The van der Waals surface area contributed by atoms with Crippen molar-refractivity contribution in [2.45, 2.75) is 19.9 Å². The lowest BCUT2D eigenvalue weighted by molar-refractivity contribution is 0.521. The zero-order chi connectivity index (χ0) is 8.43. The van der Waals surface area contributed by atoms with Crippen LogP contribution in [0.25, 0.3) is 0 Å². The molecule has 0 radical (unpaired) electrons. The molecule has 1 atom stereocenters. The quantitative estimate of drug-likeness (QED) is 0.835. The standard InChI is InChI=1S/C8H12BrNS/c1-5(2)8(10)6-3-4-7(9)11-6/h3-5,8H,10H2,1-2H3/t8-/m1/s1. The van der Waals surface area contributed by atoms with Crippen molar-refractivity contribution < 1.29 is 0 Å². The Morgan fingerprint density at radius 2 is 2.09 bits per heavy atom. The van der Waals surface area contributed by atoms with Crippen molar-refractivity contribution in [2.75, 3.05) is 0 Å². The van der Waals surface area contributed by atoms with Gasteiger partial charge in [0.1, 0.15) is 0 Å². The van der Waals surface area contributed by atoms with E-state index in [1.54, 1.807) is 11.3 Å². The van der Waals surface area contributed by atoms with Gasteiger partial charge in [0, 0.05) is 10.9 Å². The zero-order valence-electron chi connectivity index (χ0n) is 6.67. The fourth-order valence-corrected chi connectivity index (χ4v) is 2.43. The summed E-state index contributed by atoms with van der Waals surface area (Å²) in [4.78, 5) is 1.26. The summed E-state index contributed by atoms with van der Waals surface area (Å²) in [6, 6.07) is 4.31. The maximum Gasteiger partial charge on any atom is 0.0701 e. The van der Waals surface area contributed by atoms with Crippen LogP contribution in [0.15, 0.2) is 15.9 Å². The van der Waals surface area contributed by atoms with E-state index in [2.05, 4.69) is 35.8 Å². The van der Waals surface area contributed by atoms with Crippen molar-refractivity contribution >= 4 is 27.3 Å². The van der Waals surface area contributed by atoms with Gasteiger partial charge in [0.05, 0.1) is 3.79 Å². The molecule has 0 saturated carbocycles. The van der Waals surface area contributed by atoms with E-state index >= 15 is 0 Å². The summed E-state index contributed by atoms with van der Waals surface area (Å²) in [5.74, 6) is 0.514. The molecule has 1 aromatic heterocycles. The summed E-state index contributed by atoms with van der Waals surface area (Å²) < 4.78 is 1.16. The molecule has 0 bridgehead atoms. The molecule has 1 aromatic rings. The van der Waals surface area contributed by atoms with Gasteiger partial charge in [-0.1, -0.05) is 13.8 Å². The third kappa shape index (κ3) is 2.29. The Morgan fingerprint density at radius 3 is 2.45 bits per heavy atom. The number of hydrogen-bond donors (Lipinski definition) is 1. The van der Waals surface area contributed by atoms with Crippen molar-refractivity contribution in [1.82, 2.24) is 0 Å². The molecule has 62 valence electrons. The van der Waals surface area contributed by atoms with Gasteiger partial charge >= 0.3 is 0 Å². The lowest BCUT2D eigenvalue weighted by Crippen LogP contribution is -2.14. The molecule has 0 amide bonds. The van der Waals surface area contributed by atoms with Crippen LogP contribution in [0, 0.1) is 5.92 Å². The first-order chi connectivity index (χ1) is 5.11. The van der Waals surface area contributed by atoms with Gasteiger partial charge in [-0.2, -0.15) is 0 Å². The Morgan fingerprint density at radius 1 is 1.45 bits per heavy atom. The van der Waals surface area contributed by atoms with Crippen LogP contribution in [0.5, 0.6) is 0 Å². The summed E-state index contributed by atoms with van der Waals surface area (Å²) in [5.41, 5.74) is 5.94. The predicted octanol–water partition coefficient (Wildman–Crippen LogP) is 3.17. The summed E-state index contributed by atoms with van der Waals surface area (Å²) in [6.07, 6.45) is 0. The van der Waals surface area contributed by atoms with Crippen LogP contribution in [0.2, 0.25) is 0 Å². The van der Waals surface area contributed by atoms with Crippen molar-refractivity contribution in [3.05, 3.63) is 20.8 Å². The van der Waals surface area contributed by atoms with Crippen LogP contribution in [0.3, 0.4) is 0 Å². The summed E-state index contributed by atoms with van der Waals surface area (Å²) in [6.45, 7) is 4.27. The Hall–Kier alpha value is 0.140. The number of halogens is 1. The predicted molar refractivity (Wildman–Crippen MR) is 53.8 cm³/mol. The Labute approximate surface area is 79.7 Å². The summed E-state index contributed by atoms with van der Waals surface area (Å²) in [7, 11) is 0. The van der Waals surface area contributed by atoms with Crippen LogP contribution in [0.4, 0.5) is 0 Å². The van der Waals surface area contributed by atoms with Gasteiger partial charge in [0.25, 0.3) is 0 Å². The van der Waals surface area contributed by atoms with Gasteiger partial charge in [0.2, 0.25) is 0 Å². The van der Waals surface area contributed by atoms with Crippen LogP contribution < -0.4 is 5.73 Å². The van der Waals surface area contributed by atoms with E-state index < -0.39 is 0 Å². The van der Waals surface area contributed by atoms with Crippen molar-refractivity contribution in [2.24, 2.45) is 11.7 Å². The first kappa shape index (κ1) is 9.23. The smallest absolute Gasteiger partial charge is 0.0701 e. The van der Waals surface area contributed by atoms with Crippen LogP contribution in [-0.4, -0.2) is 0 Å². The number of hydrogen-bond acceptors (Lipinski definition) is 2. The molecule has 0 aromatic carbocycles. The Kier molecular flexibility index (Phi) is 3.10. The fourth-order valence-electron chi connectivity index (χ4n) is 0.836. The molecule has 0 unspecified atom stereocenters. The van der Waals surface area contributed by atoms with E-state index in [1.807, 2.05) is 6.07 Å². The minimum atomic E-state index is 0.186. The van der Waals surface area contributed by atoms with E-state index in [4.69, 9.17) is 5.73 Å². The minimum Gasteiger partial charge on any atom is -0.323 e. The second-order valence-electron chi connectivity index (χ2n) is 2.91. The topological polar surface area (TPSA) is 26.0 Å². The highest BCUT2D eigenvalue weighted by molar-refractivity contribution is 9.11. The second kappa shape index (κ2) is 3.70.